The number of rotatable bonds is 6. The van der Waals surface area contributed by atoms with Gasteiger partial charge in [0.2, 0.25) is 11.8 Å². The molecule has 1 N–H and O–H groups in total. The summed E-state index contributed by atoms with van der Waals surface area (Å²) in [5.41, 5.74) is 3.12. The molecule has 12 nitrogen and oxygen atoms in total. The first-order chi connectivity index (χ1) is 21.6. The first kappa shape index (κ1) is 28.0. The Labute approximate surface area is 259 Å². The second-order valence-electron chi connectivity index (χ2n) is 10.9. The maximum Gasteiger partial charge on any atom is 0.294 e. The zero-order chi connectivity index (χ0) is 31.6. The van der Waals surface area contributed by atoms with Crippen LogP contribution in [0.1, 0.15) is 38.5 Å². The first-order valence-electron chi connectivity index (χ1n) is 13.7. The predicted octanol–water partition coefficient (Wildman–Crippen LogP) is 5.12. The zero-order valence-corrected chi connectivity index (χ0v) is 23.8. The molecule has 0 radical (unpaired) electrons. The average Bonchev–Trinajstić information content (AvgIpc) is 3.31. The van der Waals surface area contributed by atoms with Crippen LogP contribution in [-0.2, 0) is 15.0 Å². The van der Waals surface area contributed by atoms with Crippen LogP contribution in [0, 0.1) is 32.1 Å². The molecule has 0 saturated carbocycles. The lowest BCUT2D eigenvalue weighted by Crippen LogP contribution is -2.54. The van der Waals surface area contributed by atoms with E-state index in [1.165, 1.54) is 36.5 Å². The number of carbonyl (C=O) groups is 3. The van der Waals surface area contributed by atoms with Gasteiger partial charge < -0.3 is 0 Å². The maximum atomic E-state index is 14.5. The van der Waals surface area contributed by atoms with E-state index in [0.717, 1.165) is 28.2 Å². The van der Waals surface area contributed by atoms with Crippen LogP contribution >= 0.6 is 11.6 Å². The topological polar surface area (TPSA) is 165 Å². The molecule has 8 rings (SSSR count). The van der Waals surface area contributed by atoms with E-state index in [1.54, 1.807) is 12.1 Å². The van der Waals surface area contributed by atoms with Crippen molar-refractivity contribution in [2.24, 2.45) is 16.9 Å². The number of imide groups is 1. The molecule has 1 saturated heterocycles. The minimum Gasteiger partial charge on any atom is -0.274 e. The SMILES string of the molecule is O=C(N/N=C\C12c3ccccc3C(c3ccccc31)[C@H]1C(=O)N(c3ccc(Cl)cc3[N+](=O)[O-])C(=O)[C@@H]12)c1cccc([N+](=O)[O-])c1. The van der Waals surface area contributed by atoms with Gasteiger partial charge >= 0.3 is 0 Å². The number of benzene rings is 4. The molecule has 1 fully saturated rings. The quantitative estimate of drug-likeness (QED) is 0.135. The van der Waals surface area contributed by atoms with Gasteiger partial charge in [0.25, 0.3) is 17.3 Å². The summed E-state index contributed by atoms with van der Waals surface area (Å²) in [6.07, 6.45) is 1.43. The molecule has 2 atom stereocenters. The van der Waals surface area contributed by atoms with Gasteiger partial charge in [-0.25, -0.2) is 10.3 Å². The van der Waals surface area contributed by atoms with Crippen LogP contribution in [-0.4, -0.2) is 33.8 Å². The molecule has 222 valence electrons. The largest absolute Gasteiger partial charge is 0.294 e. The highest BCUT2D eigenvalue weighted by Gasteiger charge is 2.68. The van der Waals surface area contributed by atoms with Crippen molar-refractivity contribution in [3.05, 3.63) is 144 Å². The van der Waals surface area contributed by atoms with Gasteiger partial charge in [0.15, 0.2) is 0 Å². The number of carbonyl (C=O) groups excluding carboxylic acids is 3. The number of nitro groups is 2. The lowest BCUT2D eigenvalue weighted by atomic mass is 9.47. The van der Waals surface area contributed by atoms with Crippen LogP contribution < -0.4 is 10.3 Å². The van der Waals surface area contributed by atoms with Crippen molar-refractivity contribution in [2.45, 2.75) is 11.3 Å². The van der Waals surface area contributed by atoms with Crippen molar-refractivity contribution in [3.8, 4) is 0 Å². The Balaban J connectivity index is 1.39. The average molecular weight is 622 g/mol. The fraction of sp³-hybridized carbons (Fsp3) is 0.125. The molecule has 4 aromatic rings. The maximum absolute atomic E-state index is 14.5. The normalized spacial score (nSPS) is 22.6. The number of hydrogen-bond donors (Lipinski definition) is 1. The van der Waals surface area contributed by atoms with Crippen LogP contribution in [0.5, 0.6) is 0 Å². The highest BCUT2D eigenvalue weighted by molar-refractivity contribution is 6.31. The van der Waals surface area contributed by atoms with Crippen LogP contribution in [0.25, 0.3) is 0 Å². The number of amides is 3. The van der Waals surface area contributed by atoms with Crippen LogP contribution in [0.15, 0.2) is 96.1 Å². The minimum absolute atomic E-state index is 0.00165. The number of halogens is 1. The van der Waals surface area contributed by atoms with E-state index in [1.807, 2.05) is 36.4 Å². The third-order valence-electron chi connectivity index (χ3n) is 8.81. The molecule has 1 aliphatic heterocycles. The molecular formula is C32H20ClN5O7. The van der Waals surface area contributed by atoms with Gasteiger partial charge in [0.1, 0.15) is 5.69 Å². The summed E-state index contributed by atoms with van der Waals surface area (Å²) < 4.78 is 0. The molecule has 3 amide bonds. The van der Waals surface area contributed by atoms with Gasteiger partial charge in [-0.3, -0.25) is 34.6 Å². The number of nitro benzene ring substituents is 2. The molecule has 0 aromatic heterocycles. The highest BCUT2D eigenvalue weighted by atomic mass is 35.5. The fourth-order valence-corrected chi connectivity index (χ4v) is 7.30. The van der Waals surface area contributed by atoms with Gasteiger partial charge in [-0.2, -0.15) is 5.10 Å². The van der Waals surface area contributed by atoms with Gasteiger partial charge in [-0.05, 0) is 40.5 Å². The molecule has 0 unspecified atom stereocenters. The summed E-state index contributed by atoms with van der Waals surface area (Å²) in [5, 5.41) is 27.6. The van der Waals surface area contributed by atoms with Crippen molar-refractivity contribution in [1.82, 2.24) is 5.43 Å². The van der Waals surface area contributed by atoms with E-state index in [2.05, 4.69) is 10.5 Å². The molecule has 2 bridgehead atoms. The zero-order valence-electron chi connectivity index (χ0n) is 23.0. The third-order valence-corrected chi connectivity index (χ3v) is 9.05. The van der Waals surface area contributed by atoms with Crippen LogP contribution in [0.2, 0.25) is 5.02 Å². The second kappa shape index (κ2) is 10.2. The highest BCUT2D eigenvalue weighted by Crippen LogP contribution is 2.64. The summed E-state index contributed by atoms with van der Waals surface area (Å²) in [7, 11) is 0. The third kappa shape index (κ3) is 3.99. The summed E-state index contributed by atoms with van der Waals surface area (Å²) in [6.45, 7) is 0. The van der Waals surface area contributed by atoms with E-state index < -0.39 is 56.4 Å². The Hall–Kier alpha value is -5.75. The fourth-order valence-electron chi connectivity index (χ4n) is 7.14. The van der Waals surface area contributed by atoms with E-state index >= 15 is 0 Å². The predicted molar refractivity (Wildman–Crippen MR) is 162 cm³/mol. The lowest BCUT2D eigenvalue weighted by molar-refractivity contribution is -0.384. The summed E-state index contributed by atoms with van der Waals surface area (Å²) in [4.78, 5) is 64.6. The molecule has 4 aromatic carbocycles. The number of non-ortho nitro benzene ring substituents is 1. The Bertz CT molecular complexity index is 1980. The summed E-state index contributed by atoms with van der Waals surface area (Å²) in [6, 6.07) is 23.6. The van der Waals surface area contributed by atoms with Gasteiger partial charge in [-0.15, -0.1) is 0 Å². The number of hydrogen-bond acceptors (Lipinski definition) is 8. The number of nitrogens with one attached hydrogen (secondary N) is 1. The van der Waals surface area contributed by atoms with Crippen molar-refractivity contribution in [1.29, 1.82) is 0 Å². The molecule has 4 aliphatic rings. The molecule has 0 spiro atoms. The van der Waals surface area contributed by atoms with Crippen LogP contribution in [0.4, 0.5) is 17.1 Å². The summed E-state index contributed by atoms with van der Waals surface area (Å²) >= 11 is 6.04. The monoisotopic (exact) mass is 621 g/mol. The summed E-state index contributed by atoms with van der Waals surface area (Å²) in [5.74, 6) is -4.49. The lowest BCUT2D eigenvalue weighted by Gasteiger charge is -2.52. The second-order valence-corrected chi connectivity index (χ2v) is 11.4. The Morgan fingerprint density at radius 1 is 0.867 bits per heavy atom. The number of nitrogens with zero attached hydrogens (tertiary/aromatic N) is 4. The van der Waals surface area contributed by atoms with Crippen molar-refractivity contribution >= 4 is 52.6 Å². The Kier molecular flexibility index (Phi) is 6.34. The Morgan fingerprint density at radius 3 is 2.18 bits per heavy atom. The van der Waals surface area contributed by atoms with E-state index in [0.29, 0.717) is 11.1 Å². The number of anilines is 1. The first-order valence-corrected chi connectivity index (χ1v) is 14.1. The van der Waals surface area contributed by atoms with Crippen molar-refractivity contribution in [2.75, 3.05) is 4.90 Å². The smallest absolute Gasteiger partial charge is 0.274 e. The van der Waals surface area contributed by atoms with Crippen molar-refractivity contribution in [3.63, 3.8) is 0 Å². The number of hydrazone groups is 1. The van der Waals surface area contributed by atoms with E-state index in [-0.39, 0.29) is 22.0 Å². The standard InChI is InChI=1S/C32H20ClN5O7/c33-18-12-13-24(25(15-18)38(44)45)36-30(40)27-26-20-8-1-3-10-22(20)32(28(27)31(36)41,23-11-4-2-9-21(23)26)16-34-35-29(39)17-6-5-7-19(14-17)37(42)43/h1-16,26-28H,(H,35,39)/b34-16-/t26?,27-,28-,32?/m1/s1. The Morgan fingerprint density at radius 2 is 1.53 bits per heavy atom. The van der Waals surface area contributed by atoms with Gasteiger partial charge in [-0.1, -0.05) is 66.2 Å². The molecule has 45 heavy (non-hydrogen) atoms. The molecule has 3 aliphatic carbocycles. The molecule has 1 heterocycles. The van der Waals surface area contributed by atoms with Crippen LogP contribution in [0.3, 0.4) is 0 Å². The minimum atomic E-state index is -1.36. The molecular weight excluding hydrogens is 602 g/mol. The van der Waals surface area contributed by atoms with E-state index in [4.69, 9.17) is 11.6 Å². The van der Waals surface area contributed by atoms with Gasteiger partial charge in [0, 0.05) is 40.9 Å². The molecule has 13 heteroatoms. The van der Waals surface area contributed by atoms with Gasteiger partial charge in [0.05, 0.1) is 27.1 Å². The van der Waals surface area contributed by atoms with E-state index in [9.17, 15) is 34.6 Å². The van der Waals surface area contributed by atoms with Crippen molar-refractivity contribution < 1.29 is 24.2 Å².